The summed E-state index contributed by atoms with van der Waals surface area (Å²) in [4.78, 5) is 0. The van der Waals surface area contributed by atoms with Crippen molar-refractivity contribution in [2.75, 3.05) is 0 Å². The lowest BCUT2D eigenvalue weighted by molar-refractivity contribution is -0.137. The van der Waals surface area contributed by atoms with E-state index in [1.54, 1.807) is 31.2 Å². The first kappa shape index (κ1) is 11.7. The molecular formula is C14H10F3. The second-order valence-electron chi connectivity index (χ2n) is 3.77. The van der Waals surface area contributed by atoms with Gasteiger partial charge >= 0.3 is 6.18 Å². The SMILES string of the molecule is Cc1ccccc1-c1[c]cccc1C(F)(F)F. The van der Waals surface area contributed by atoms with E-state index >= 15 is 0 Å². The summed E-state index contributed by atoms with van der Waals surface area (Å²) in [7, 11) is 0. The van der Waals surface area contributed by atoms with Gasteiger partial charge in [0.2, 0.25) is 0 Å². The topological polar surface area (TPSA) is 0 Å². The molecule has 2 rings (SSSR count). The molecule has 3 heteroatoms. The summed E-state index contributed by atoms with van der Waals surface area (Å²) in [6.07, 6.45) is -4.35. The highest BCUT2D eigenvalue weighted by Crippen LogP contribution is 2.37. The predicted molar refractivity (Wildman–Crippen MR) is 60.5 cm³/mol. The molecule has 0 saturated heterocycles. The Morgan fingerprint density at radius 3 is 2.35 bits per heavy atom. The second kappa shape index (κ2) is 4.24. The zero-order valence-corrected chi connectivity index (χ0v) is 9.18. The summed E-state index contributed by atoms with van der Waals surface area (Å²) in [5, 5.41) is 0. The minimum absolute atomic E-state index is 0.109. The second-order valence-corrected chi connectivity index (χ2v) is 3.77. The Labute approximate surface area is 97.7 Å². The Morgan fingerprint density at radius 2 is 1.71 bits per heavy atom. The van der Waals surface area contributed by atoms with E-state index in [4.69, 9.17) is 0 Å². The fourth-order valence-corrected chi connectivity index (χ4v) is 1.75. The van der Waals surface area contributed by atoms with Crippen LogP contribution < -0.4 is 0 Å². The van der Waals surface area contributed by atoms with E-state index in [9.17, 15) is 13.2 Å². The monoisotopic (exact) mass is 235 g/mol. The van der Waals surface area contributed by atoms with Crippen molar-refractivity contribution in [2.45, 2.75) is 13.1 Å². The van der Waals surface area contributed by atoms with Gasteiger partial charge < -0.3 is 0 Å². The molecule has 0 aliphatic rings. The number of benzene rings is 2. The number of alkyl halides is 3. The van der Waals surface area contributed by atoms with E-state index in [1.165, 1.54) is 12.1 Å². The van der Waals surface area contributed by atoms with E-state index in [1.807, 2.05) is 0 Å². The average Bonchev–Trinajstić information content (AvgIpc) is 2.28. The Hall–Kier alpha value is -1.77. The molecular weight excluding hydrogens is 225 g/mol. The molecule has 0 saturated carbocycles. The number of hydrogen-bond acceptors (Lipinski definition) is 0. The van der Waals surface area contributed by atoms with Crippen molar-refractivity contribution < 1.29 is 13.2 Å². The Bertz CT molecular complexity index is 527. The first-order valence-electron chi connectivity index (χ1n) is 5.14. The third-order valence-electron chi connectivity index (χ3n) is 2.58. The van der Waals surface area contributed by atoms with Gasteiger partial charge in [0.1, 0.15) is 0 Å². The first-order chi connectivity index (χ1) is 8.00. The number of hydrogen-bond donors (Lipinski definition) is 0. The van der Waals surface area contributed by atoms with Crippen LogP contribution in [0.25, 0.3) is 11.1 Å². The molecule has 0 spiro atoms. The van der Waals surface area contributed by atoms with Crippen molar-refractivity contribution in [3.63, 3.8) is 0 Å². The maximum Gasteiger partial charge on any atom is 0.417 e. The van der Waals surface area contributed by atoms with Crippen molar-refractivity contribution >= 4 is 0 Å². The van der Waals surface area contributed by atoms with E-state index in [0.717, 1.165) is 11.6 Å². The fraction of sp³-hybridized carbons (Fsp3) is 0.143. The van der Waals surface area contributed by atoms with Crippen molar-refractivity contribution in [3.05, 3.63) is 59.7 Å². The zero-order valence-electron chi connectivity index (χ0n) is 9.18. The molecule has 87 valence electrons. The molecule has 0 atom stereocenters. The normalized spacial score (nSPS) is 11.5. The molecule has 2 aromatic rings. The zero-order chi connectivity index (χ0) is 12.5. The molecule has 17 heavy (non-hydrogen) atoms. The minimum Gasteiger partial charge on any atom is -0.166 e. The average molecular weight is 235 g/mol. The van der Waals surface area contributed by atoms with Crippen LogP contribution in [-0.2, 0) is 6.18 Å². The molecule has 0 unspecified atom stereocenters. The largest absolute Gasteiger partial charge is 0.417 e. The Kier molecular flexibility index (Phi) is 2.92. The van der Waals surface area contributed by atoms with Gasteiger partial charge in [-0.1, -0.05) is 36.4 Å². The van der Waals surface area contributed by atoms with Crippen LogP contribution >= 0.6 is 0 Å². The molecule has 1 radical (unpaired) electrons. The van der Waals surface area contributed by atoms with E-state index in [-0.39, 0.29) is 5.56 Å². The van der Waals surface area contributed by atoms with Gasteiger partial charge in [-0.2, -0.15) is 13.2 Å². The fourth-order valence-electron chi connectivity index (χ4n) is 1.75. The standard InChI is InChI=1S/C14H10F3/c1-10-6-2-3-7-11(10)12-8-4-5-9-13(12)14(15,16)17/h2-7,9H,1H3. The molecule has 0 amide bonds. The molecule has 0 bridgehead atoms. The van der Waals surface area contributed by atoms with E-state index < -0.39 is 11.7 Å². The summed E-state index contributed by atoms with van der Waals surface area (Å²) >= 11 is 0. The highest BCUT2D eigenvalue weighted by Gasteiger charge is 2.33. The number of halogens is 3. The van der Waals surface area contributed by atoms with E-state index in [0.29, 0.717) is 5.56 Å². The predicted octanol–water partition coefficient (Wildman–Crippen LogP) is 4.48. The van der Waals surface area contributed by atoms with Crippen molar-refractivity contribution in [3.8, 4) is 11.1 Å². The summed E-state index contributed by atoms with van der Waals surface area (Å²) in [6.45, 7) is 1.79. The van der Waals surface area contributed by atoms with Crippen LogP contribution in [0.5, 0.6) is 0 Å². The van der Waals surface area contributed by atoms with Gasteiger partial charge in [-0.3, -0.25) is 0 Å². The highest BCUT2D eigenvalue weighted by atomic mass is 19.4. The van der Waals surface area contributed by atoms with Crippen molar-refractivity contribution in [1.29, 1.82) is 0 Å². The third-order valence-corrected chi connectivity index (χ3v) is 2.58. The number of aryl methyl sites for hydroxylation is 1. The highest BCUT2D eigenvalue weighted by molar-refractivity contribution is 5.70. The lowest BCUT2D eigenvalue weighted by Gasteiger charge is -2.13. The molecule has 2 aromatic carbocycles. The number of rotatable bonds is 1. The van der Waals surface area contributed by atoms with Gasteiger partial charge in [-0.25, -0.2) is 0 Å². The molecule has 0 N–H and O–H groups in total. The van der Waals surface area contributed by atoms with Gasteiger partial charge in [0.15, 0.2) is 0 Å². The van der Waals surface area contributed by atoms with Crippen LogP contribution in [0.3, 0.4) is 0 Å². The third kappa shape index (κ3) is 2.33. The Balaban J connectivity index is 2.65. The summed E-state index contributed by atoms with van der Waals surface area (Å²) < 4.78 is 38.5. The Morgan fingerprint density at radius 1 is 1.00 bits per heavy atom. The summed E-state index contributed by atoms with van der Waals surface area (Å²) in [6, 6.07) is 13.6. The molecule has 0 aliphatic carbocycles. The van der Waals surface area contributed by atoms with E-state index in [2.05, 4.69) is 6.07 Å². The van der Waals surface area contributed by atoms with Gasteiger partial charge in [0.25, 0.3) is 0 Å². The van der Waals surface area contributed by atoms with Crippen LogP contribution in [0.2, 0.25) is 0 Å². The van der Waals surface area contributed by atoms with Crippen LogP contribution in [0, 0.1) is 13.0 Å². The van der Waals surface area contributed by atoms with Crippen LogP contribution in [0.1, 0.15) is 11.1 Å². The molecule has 0 fully saturated rings. The smallest absolute Gasteiger partial charge is 0.166 e. The van der Waals surface area contributed by atoms with Crippen LogP contribution in [-0.4, -0.2) is 0 Å². The minimum atomic E-state index is -4.35. The van der Waals surface area contributed by atoms with Crippen molar-refractivity contribution in [2.24, 2.45) is 0 Å². The lowest BCUT2D eigenvalue weighted by atomic mass is 9.96. The van der Waals surface area contributed by atoms with Crippen LogP contribution in [0.4, 0.5) is 13.2 Å². The van der Waals surface area contributed by atoms with Gasteiger partial charge in [0.05, 0.1) is 5.56 Å². The molecule has 0 aliphatic heterocycles. The summed E-state index contributed by atoms with van der Waals surface area (Å²) in [5.74, 6) is 0. The lowest BCUT2D eigenvalue weighted by Crippen LogP contribution is -2.07. The first-order valence-corrected chi connectivity index (χ1v) is 5.14. The van der Waals surface area contributed by atoms with Crippen molar-refractivity contribution in [1.82, 2.24) is 0 Å². The molecule has 0 nitrogen and oxygen atoms in total. The van der Waals surface area contributed by atoms with Gasteiger partial charge in [0, 0.05) is 5.56 Å². The maximum atomic E-state index is 12.8. The molecule has 0 aromatic heterocycles. The molecule has 0 heterocycles. The quantitative estimate of drug-likeness (QED) is 0.683. The van der Waals surface area contributed by atoms with Gasteiger partial charge in [-0.15, -0.1) is 0 Å². The summed E-state index contributed by atoms with van der Waals surface area (Å²) in [5.41, 5.74) is 0.841. The van der Waals surface area contributed by atoms with Gasteiger partial charge in [-0.05, 0) is 30.2 Å². The maximum absolute atomic E-state index is 12.8. The van der Waals surface area contributed by atoms with Crippen LogP contribution in [0.15, 0.2) is 42.5 Å².